The molecule has 0 aliphatic rings. The zero-order valence-electron chi connectivity index (χ0n) is 9.48. The molecule has 1 heterocycles. The van der Waals surface area contributed by atoms with Crippen molar-refractivity contribution >= 4 is 18.1 Å². The number of hydrogen-bond donors (Lipinski definition) is 2. The first-order valence-electron chi connectivity index (χ1n) is 5.02. The minimum atomic E-state index is -0.293. The molecular weight excluding hydrogens is 241 g/mol. The fourth-order valence-corrected chi connectivity index (χ4v) is 1.82. The summed E-state index contributed by atoms with van der Waals surface area (Å²) in [7, 11) is 1.87. The van der Waals surface area contributed by atoms with Crippen LogP contribution in [0.3, 0.4) is 0 Å². The molecule has 17 heavy (non-hydrogen) atoms. The molecule has 1 aromatic heterocycles. The highest BCUT2D eigenvalue weighted by Crippen LogP contribution is 2.27. The van der Waals surface area contributed by atoms with E-state index < -0.39 is 0 Å². The lowest BCUT2D eigenvalue weighted by Gasteiger charge is -2.07. The molecule has 2 aromatic rings. The second kappa shape index (κ2) is 5.21. The number of anilines is 1. The number of benzene rings is 1. The van der Waals surface area contributed by atoms with E-state index in [1.54, 1.807) is 6.07 Å². The predicted octanol–water partition coefficient (Wildman–Crippen LogP) is 2.29. The molecule has 0 bridgehead atoms. The lowest BCUT2D eigenvalue weighted by molar-refractivity contribution is 0.626. The lowest BCUT2D eigenvalue weighted by atomic mass is 10.1. The molecule has 1 aromatic carbocycles. The molecule has 2 rings (SSSR count). The van der Waals surface area contributed by atoms with Gasteiger partial charge in [0.05, 0.1) is 11.4 Å². The van der Waals surface area contributed by atoms with Crippen LogP contribution in [0.4, 0.5) is 10.1 Å². The Morgan fingerprint density at radius 2 is 2.00 bits per heavy atom. The van der Waals surface area contributed by atoms with Gasteiger partial charge >= 0.3 is 0 Å². The van der Waals surface area contributed by atoms with Crippen molar-refractivity contribution < 1.29 is 4.39 Å². The van der Waals surface area contributed by atoms with Crippen LogP contribution in [-0.4, -0.2) is 4.57 Å². The van der Waals surface area contributed by atoms with E-state index in [-0.39, 0.29) is 18.2 Å². The van der Waals surface area contributed by atoms with Gasteiger partial charge in [-0.25, -0.2) is 4.39 Å². The monoisotopic (exact) mass is 255 g/mol. The van der Waals surface area contributed by atoms with Gasteiger partial charge in [0, 0.05) is 25.4 Å². The first kappa shape index (κ1) is 13.5. The van der Waals surface area contributed by atoms with Gasteiger partial charge in [-0.1, -0.05) is 0 Å². The van der Waals surface area contributed by atoms with Crippen molar-refractivity contribution in [3.8, 4) is 11.3 Å². The summed E-state index contributed by atoms with van der Waals surface area (Å²) in [6.07, 6.45) is 1.84. The summed E-state index contributed by atoms with van der Waals surface area (Å²) in [5, 5.41) is 0. The summed E-state index contributed by atoms with van der Waals surface area (Å²) in [5.41, 5.74) is 14.3. The summed E-state index contributed by atoms with van der Waals surface area (Å²) in [4.78, 5) is 0. The van der Waals surface area contributed by atoms with Crippen LogP contribution in [0, 0.1) is 5.82 Å². The number of hydrogen-bond acceptors (Lipinski definition) is 2. The number of nitrogens with two attached hydrogens (primary N) is 2. The largest absolute Gasteiger partial charge is 0.397 e. The SMILES string of the molecule is Cl.Cn1ccc(N)c1-c1cc(F)cc(CN)c1. The van der Waals surface area contributed by atoms with E-state index >= 15 is 0 Å². The Hall–Kier alpha value is -1.52. The van der Waals surface area contributed by atoms with E-state index in [0.29, 0.717) is 12.2 Å². The van der Waals surface area contributed by atoms with Gasteiger partial charge in [0.2, 0.25) is 0 Å². The average molecular weight is 256 g/mol. The van der Waals surface area contributed by atoms with Crippen molar-refractivity contribution in [1.29, 1.82) is 0 Å². The molecule has 0 radical (unpaired) electrons. The average Bonchev–Trinajstić information content (AvgIpc) is 2.57. The Labute approximate surface area is 106 Å². The Kier molecular flexibility index (Phi) is 4.15. The van der Waals surface area contributed by atoms with Crippen molar-refractivity contribution in [2.24, 2.45) is 12.8 Å². The maximum atomic E-state index is 13.4. The fraction of sp³-hybridized carbons (Fsp3) is 0.167. The molecule has 0 saturated heterocycles. The second-order valence-electron chi connectivity index (χ2n) is 3.78. The zero-order valence-corrected chi connectivity index (χ0v) is 10.3. The third-order valence-corrected chi connectivity index (χ3v) is 2.57. The molecule has 3 nitrogen and oxygen atoms in total. The molecule has 0 atom stereocenters. The third-order valence-electron chi connectivity index (χ3n) is 2.57. The van der Waals surface area contributed by atoms with Crippen molar-refractivity contribution in [2.75, 3.05) is 5.73 Å². The normalized spacial score (nSPS) is 10.1. The maximum Gasteiger partial charge on any atom is 0.124 e. The summed E-state index contributed by atoms with van der Waals surface area (Å²) >= 11 is 0. The molecule has 0 aliphatic carbocycles. The maximum absolute atomic E-state index is 13.4. The van der Waals surface area contributed by atoms with E-state index in [1.807, 2.05) is 23.9 Å². The highest BCUT2D eigenvalue weighted by molar-refractivity contribution is 5.85. The van der Waals surface area contributed by atoms with Gasteiger partial charge < -0.3 is 16.0 Å². The van der Waals surface area contributed by atoms with Crippen molar-refractivity contribution in [3.05, 3.63) is 41.8 Å². The molecule has 0 amide bonds. The van der Waals surface area contributed by atoms with Crippen LogP contribution >= 0.6 is 12.4 Å². The summed E-state index contributed by atoms with van der Waals surface area (Å²) in [6.45, 7) is 0.315. The summed E-state index contributed by atoms with van der Waals surface area (Å²) < 4.78 is 15.2. The van der Waals surface area contributed by atoms with E-state index in [0.717, 1.165) is 16.8 Å². The number of rotatable bonds is 2. The topological polar surface area (TPSA) is 57.0 Å². The van der Waals surface area contributed by atoms with Crippen LogP contribution in [0.25, 0.3) is 11.3 Å². The Balaban J connectivity index is 0.00000144. The molecule has 0 unspecified atom stereocenters. The number of aromatic nitrogens is 1. The van der Waals surface area contributed by atoms with Gasteiger partial charge in [-0.2, -0.15) is 0 Å². The molecule has 0 fully saturated rings. The number of aryl methyl sites for hydroxylation is 1. The first-order valence-corrected chi connectivity index (χ1v) is 5.02. The molecule has 0 saturated carbocycles. The van der Waals surface area contributed by atoms with Crippen LogP contribution in [0.1, 0.15) is 5.56 Å². The lowest BCUT2D eigenvalue weighted by Crippen LogP contribution is -1.99. The van der Waals surface area contributed by atoms with E-state index in [4.69, 9.17) is 11.5 Å². The number of halogens is 2. The highest BCUT2D eigenvalue weighted by Gasteiger charge is 2.09. The molecule has 0 spiro atoms. The van der Waals surface area contributed by atoms with Gasteiger partial charge in [0.1, 0.15) is 5.82 Å². The van der Waals surface area contributed by atoms with Gasteiger partial charge in [-0.3, -0.25) is 0 Å². The number of nitrogens with zero attached hydrogens (tertiary/aromatic N) is 1. The minimum Gasteiger partial charge on any atom is -0.397 e. The van der Waals surface area contributed by atoms with Gasteiger partial charge in [0.25, 0.3) is 0 Å². The van der Waals surface area contributed by atoms with Gasteiger partial charge in [-0.05, 0) is 29.8 Å². The smallest absolute Gasteiger partial charge is 0.124 e. The van der Waals surface area contributed by atoms with Crippen LogP contribution in [0.15, 0.2) is 30.5 Å². The van der Waals surface area contributed by atoms with Crippen LogP contribution < -0.4 is 11.5 Å². The van der Waals surface area contributed by atoms with Crippen LogP contribution in [0.2, 0.25) is 0 Å². The number of nitrogen functional groups attached to an aromatic ring is 1. The molecule has 92 valence electrons. The van der Waals surface area contributed by atoms with Crippen LogP contribution in [-0.2, 0) is 13.6 Å². The molecule has 0 aliphatic heterocycles. The zero-order chi connectivity index (χ0) is 11.7. The van der Waals surface area contributed by atoms with Gasteiger partial charge in [0.15, 0.2) is 0 Å². The fourth-order valence-electron chi connectivity index (χ4n) is 1.82. The second-order valence-corrected chi connectivity index (χ2v) is 3.78. The van der Waals surface area contributed by atoms with E-state index in [2.05, 4.69) is 0 Å². The van der Waals surface area contributed by atoms with E-state index in [1.165, 1.54) is 12.1 Å². The van der Waals surface area contributed by atoms with E-state index in [9.17, 15) is 4.39 Å². The molecular formula is C12H15ClFN3. The minimum absolute atomic E-state index is 0. The Bertz CT molecular complexity index is 503. The van der Waals surface area contributed by atoms with Crippen LogP contribution in [0.5, 0.6) is 0 Å². The van der Waals surface area contributed by atoms with Gasteiger partial charge in [-0.15, -0.1) is 12.4 Å². The predicted molar refractivity (Wildman–Crippen MR) is 70.4 cm³/mol. The van der Waals surface area contributed by atoms with Crippen molar-refractivity contribution in [2.45, 2.75) is 6.54 Å². The quantitative estimate of drug-likeness (QED) is 0.865. The highest BCUT2D eigenvalue weighted by atomic mass is 35.5. The first-order chi connectivity index (χ1) is 7.61. The summed E-state index contributed by atoms with van der Waals surface area (Å²) in [5.74, 6) is -0.293. The molecule has 4 N–H and O–H groups in total. The van der Waals surface area contributed by atoms with Crippen molar-refractivity contribution in [1.82, 2.24) is 4.57 Å². The molecule has 5 heteroatoms. The standard InChI is InChI=1S/C12H14FN3.ClH/c1-16-3-2-11(15)12(16)9-4-8(7-14)5-10(13)6-9;/h2-6H,7,14-15H2,1H3;1H. The third kappa shape index (κ3) is 2.60. The van der Waals surface area contributed by atoms with Crippen molar-refractivity contribution in [3.63, 3.8) is 0 Å². The summed E-state index contributed by atoms with van der Waals surface area (Å²) in [6, 6.07) is 6.55. The Morgan fingerprint density at radius 1 is 1.29 bits per heavy atom. The Morgan fingerprint density at radius 3 is 2.53 bits per heavy atom.